The van der Waals surface area contributed by atoms with Crippen LogP contribution in [0.15, 0.2) is 48.5 Å². The number of aldehydes is 1. The monoisotopic (exact) mass is 195 g/mol. The molecule has 0 bridgehead atoms. The summed E-state index contributed by atoms with van der Waals surface area (Å²) in [6.45, 7) is 3.83. The highest BCUT2D eigenvalue weighted by Crippen LogP contribution is 2.22. The molecule has 0 spiro atoms. The first-order chi connectivity index (χ1) is 7.31. The summed E-state index contributed by atoms with van der Waals surface area (Å²) in [7, 11) is 0. The van der Waals surface area contributed by atoms with E-state index in [0.717, 1.165) is 23.0 Å². The maximum atomic E-state index is 10.9. The van der Waals surface area contributed by atoms with Gasteiger partial charge < -0.3 is 0 Å². The highest BCUT2D eigenvalue weighted by molar-refractivity contribution is 5.87. The number of hydrogen-bond donors (Lipinski definition) is 0. The van der Waals surface area contributed by atoms with Gasteiger partial charge in [-0.2, -0.15) is 0 Å². The highest BCUT2D eigenvalue weighted by atomic mass is 16.1. The Hall–Kier alpha value is -1.89. The van der Waals surface area contributed by atoms with Crippen molar-refractivity contribution < 1.29 is 4.79 Å². The first-order valence-corrected chi connectivity index (χ1v) is 4.78. The predicted octanol–water partition coefficient (Wildman–Crippen LogP) is 3.35. The van der Waals surface area contributed by atoms with E-state index in [2.05, 4.69) is 6.92 Å². The molecule has 0 heterocycles. The molecule has 1 heteroatoms. The first-order valence-electron chi connectivity index (χ1n) is 4.78. The zero-order chi connectivity index (χ0) is 10.7. The van der Waals surface area contributed by atoms with Crippen molar-refractivity contribution in [3.8, 4) is 11.1 Å². The van der Waals surface area contributed by atoms with Crippen LogP contribution >= 0.6 is 0 Å². The summed E-state index contributed by atoms with van der Waals surface area (Å²) in [5, 5.41) is 0. The molecule has 0 amide bonds. The highest BCUT2D eigenvalue weighted by Gasteiger charge is 2.02. The van der Waals surface area contributed by atoms with Gasteiger partial charge in [0.1, 0.15) is 0 Å². The van der Waals surface area contributed by atoms with Crippen LogP contribution in [-0.2, 0) is 0 Å². The Morgan fingerprint density at radius 2 is 1.60 bits per heavy atom. The van der Waals surface area contributed by atoms with Crippen LogP contribution < -0.4 is 0 Å². The van der Waals surface area contributed by atoms with E-state index in [1.54, 1.807) is 0 Å². The average Bonchev–Trinajstić information content (AvgIpc) is 2.30. The molecule has 0 atom stereocenters. The van der Waals surface area contributed by atoms with Gasteiger partial charge in [0.25, 0.3) is 0 Å². The van der Waals surface area contributed by atoms with Gasteiger partial charge in [-0.05, 0) is 23.6 Å². The molecule has 0 saturated carbocycles. The molecule has 0 N–H and O–H groups in total. The normalized spacial score (nSPS) is 9.93. The zero-order valence-corrected chi connectivity index (χ0v) is 8.31. The Bertz CT molecular complexity index is 469. The van der Waals surface area contributed by atoms with Gasteiger partial charge in [0.15, 0.2) is 6.29 Å². The molecule has 0 saturated heterocycles. The number of carbonyl (C=O) groups excluding carboxylic acids is 1. The molecule has 0 fully saturated rings. The van der Waals surface area contributed by atoms with Crippen LogP contribution in [-0.4, -0.2) is 6.29 Å². The smallest absolute Gasteiger partial charge is 0.150 e. The number of rotatable bonds is 2. The minimum absolute atomic E-state index is 0.717. The summed E-state index contributed by atoms with van der Waals surface area (Å²) in [5.41, 5.74) is 3.70. The Morgan fingerprint density at radius 3 is 2.27 bits per heavy atom. The van der Waals surface area contributed by atoms with E-state index >= 15 is 0 Å². The van der Waals surface area contributed by atoms with E-state index < -0.39 is 0 Å². The zero-order valence-electron chi connectivity index (χ0n) is 8.31. The van der Waals surface area contributed by atoms with Crippen molar-refractivity contribution in [1.29, 1.82) is 0 Å². The van der Waals surface area contributed by atoms with Gasteiger partial charge in [0.05, 0.1) is 0 Å². The average molecular weight is 195 g/mol. The summed E-state index contributed by atoms with van der Waals surface area (Å²) in [6.07, 6.45) is 0.882. The Morgan fingerprint density at radius 1 is 0.933 bits per heavy atom. The summed E-state index contributed by atoms with van der Waals surface area (Å²) < 4.78 is 0. The van der Waals surface area contributed by atoms with Crippen LogP contribution in [0.25, 0.3) is 11.1 Å². The second-order valence-corrected chi connectivity index (χ2v) is 3.40. The van der Waals surface area contributed by atoms with Gasteiger partial charge in [0, 0.05) is 5.56 Å². The van der Waals surface area contributed by atoms with E-state index in [1.165, 1.54) is 0 Å². The summed E-state index contributed by atoms with van der Waals surface area (Å²) >= 11 is 0. The molecular weight excluding hydrogens is 184 g/mol. The second-order valence-electron chi connectivity index (χ2n) is 3.40. The summed E-state index contributed by atoms with van der Waals surface area (Å²) in [6, 6.07) is 15.4. The Kier molecular flexibility index (Phi) is 2.64. The van der Waals surface area contributed by atoms with Crippen molar-refractivity contribution in [1.82, 2.24) is 0 Å². The lowest BCUT2D eigenvalue weighted by atomic mass is 10.00. The van der Waals surface area contributed by atoms with E-state index in [1.807, 2.05) is 48.5 Å². The summed E-state index contributed by atoms with van der Waals surface area (Å²) in [5.74, 6) is 0. The number of hydrogen-bond acceptors (Lipinski definition) is 1. The van der Waals surface area contributed by atoms with E-state index in [0.29, 0.717) is 5.56 Å². The van der Waals surface area contributed by atoms with E-state index in [9.17, 15) is 4.79 Å². The van der Waals surface area contributed by atoms with E-state index in [4.69, 9.17) is 0 Å². The fraction of sp³-hybridized carbons (Fsp3) is 0. The van der Waals surface area contributed by atoms with Crippen LogP contribution in [0, 0.1) is 6.92 Å². The van der Waals surface area contributed by atoms with Crippen molar-refractivity contribution in [2.45, 2.75) is 0 Å². The Balaban J connectivity index is 2.53. The lowest BCUT2D eigenvalue weighted by Crippen LogP contribution is -1.86. The maximum Gasteiger partial charge on any atom is 0.150 e. The lowest BCUT2D eigenvalue weighted by Gasteiger charge is -2.04. The minimum Gasteiger partial charge on any atom is -0.298 e. The van der Waals surface area contributed by atoms with Crippen LogP contribution in [0.3, 0.4) is 0 Å². The van der Waals surface area contributed by atoms with Crippen molar-refractivity contribution >= 4 is 6.29 Å². The molecule has 1 radical (unpaired) electrons. The van der Waals surface area contributed by atoms with E-state index in [-0.39, 0.29) is 0 Å². The molecule has 0 aliphatic heterocycles. The predicted molar refractivity (Wildman–Crippen MR) is 61.7 cm³/mol. The molecule has 0 aliphatic rings. The second kappa shape index (κ2) is 4.09. The molecule has 73 valence electrons. The largest absolute Gasteiger partial charge is 0.298 e. The molecule has 0 aliphatic carbocycles. The Labute approximate surface area is 89.4 Å². The van der Waals surface area contributed by atoms with Gasteiger partial charge in [-0.1, -0.05) is 48.5 Å². The van der Waals surface area contributed by atoms with Gasteiger partial charge in [0.2, 0.25) is 0 Å². The van der Waals surface area contributed by atoms with Crippen LogP contribution in [0.4, 0.5) is 0 Å². The maximum absolute atomic E-state index is 10.9. The van der Waals surface area contributed by atoms with Crippen molar-refractivity contribution in [3.63, 3.8) is 0 Å². The molecule has 2 rings (SSSR count). The van der Waals surface area contributed by atoms with Crippen LogP contribution in [0.2, 0.25) is 0 Å². The number of carbonyl (C=O) groups is 1. The lowest BCUT2D eigenvalue weighted by molar-refractivity contribution is 0.112. The van der Waals surface area contributed by atoms with Gasteiger partial charge in [-0.3, -0.25) is 4.79 Å². The number of benzene rings is 2. The topological polar surface area (TPSA) is 17.1 Å². The van der Waals surface area contributed by atoms with Gasteiger partial charge >= 0.3 is 0 Å². The van der Waals surface area contributed by atoms with Crippen molar-refractivity contribution in [2.75, 3.05) is 0 Å². The SMILES string of the molecule is [CH2]c1ccc(-c2ccccc2C=O)cc1. The first kappa shape index (κ1) is 9.66. The standard InChI is InChI=1S/C14H11O/c1-11-6-8-12(9-7-11)14-5-3-2-4-13(14)10-15/h2-10H,1H2. The van der Waals surface area contributed by atoms with Gasteiger partial charge in [-0.15, -0.1) is 0 Å². The van der Waals surface area contributed by atoms with Crippen LogP contribution in [0.5, 0.6) is 0 Å². The molecule has 1 nitrogen and oxygen atoms in total. The quantitative estimate of drug-likeness (QED) is 0.671. The fourth-order valence-electron chi connectivity index (χ4n) is 1.55. The molecule has 2 aromatic carbocycles. The third kappa shape index (κ3) is 1.96. The van der Waals surface area contributed by atoms with Crippen molar-refractivity contribution in [3.05, 3.63) is 66.6 Å². The minimum atomic E-state index is 0.717. The fourth-order valence-corrected chi connectivity index (χ4v) is 1.55. The third-order valence-corrected chi connectivity index (χ3v) is 2.35. The molecule has 0 aromatic heterocycles. The molecular formula is C14H11O. The van der Waals surface area contributed by atoms with Crippen LogP contribution in [0.1, 0.15) is 15.9 Å². The molecule has 0 unspecified atom stereocenters. The van der Waals surface area contributed by atoms with Gasteiger partial charge in [-0.25, -0.2) is 0 Å². The van der Waals surface area contributed by atoms with Crippen molar-refractivity contribution in [2.24, 2.45) is 0 Å². The molecule has 15 heavy (non-hydrogen) atoms. The third-order valence-electron chi connectivity index (χ3n) is 2.35. The molecule has 2 aromatic rings. The summed E-state index contributed by atoms with van der Waals surface area (Å²) in [4.78, 5) is 10.9.